The zero-order valence-electron chi connectivity index (χ0n) is 6.78. The van der Waals surface area contributed by atoms with E-state index in [1.807, 2.05) is 0 Å². The minimum Gasteiger partial charge on any atom is -0.397 e. The summed E-state index contributed by atoms with van der Waals surface area (Å²) in [5.74, 6) is -0.552. The zero-order chi connectivity index (χ0) is 9.84. The van der Waals surface area contributed by atoms with Crippen molar-refractivity contribution in [1.82, 2.24) is 0 Å². The highest BCUT2D eigenvalue weighted by molar-refractivity contribution is 5.95. The number of carbonyl (C=O) groups excluding carboxylic acids is 2. The van der Waals surface area contributed by atoms with Gasteiger partial charge in [0.15, 0.2) is 0 Å². The second-order valence-corrected chi connectivity index (χ2v) is 2.43. The number of amides is 2. The van der Waals surface area contributed by atoms with E-state index in [9.17, 15) is 9.59 Å². The third kappa shape index (κ3) is 1.96. The largest absolute Gasteiger partial charge is 0.397 e. The molecule has 0 atom stereocenters. The summed E-state index contributed by atoms with van der Waals surface area (Å²) in [7, 11) is 0. The molecular formula is C8H9N3O2. The Morgan fingerprint density at radius 2 is 2.15 bits per heavy atom. The Bertz CT molecular complexity index is 349. The Morgan fingerprint density at radius 1 is 1.46 bits per heavy atom. The molecule has 0 aliphatic rings. The molecule has 68 valence electrons. The zero-order valence-corrected chi connectivity index (χ0v) is 6.78. The Hall–Kier alpha value is -2.04. The van der Waals surface area contributed by atoms with E-state index < -0.39 is 5.91 Å². The van der Waals surface area contributed by atoms with Crippen molar-refractivity contribution < 1.29 is 9.59 Å². The number of nitrogens with two attached hydrogens (primary N) is 2. The molecule has 0 saturated heterocycles. The average Bonchev–Trinajstić information content (AvgIpc) is 2.08. The van der Waals surface area contributed by atoms with Crippen LogP contribution in [-0.4, -0.2) is 12.3 Å². The van der Waals surface area contributed by atoms with Gasteiger partial charge in [-0.15, -0.1) is 0 Å². The van der Waals surface area contributed by atoms with E-state index >= 15 is 0 Å². The van der Waals surface area contributed by atoms with Crippen LogP contribution in [0.4, 0.5) is 11.4 Å². The van der Waals surface area contributed by atoms with E-state index in [-0.39, 0.29) is 0 Å². The third-order valence-electron chi connectivity index (χ3n) is 1.55. The topological polar surface area (TPSA) is 98.2 Å². The molecule has 13 heavy (non-hydrogen) atoms. The van der Waals surface area contributed by atoms with Crippen LogP contribution in [0.5, 0.6) is 0 Å². The van der Waals surface area contributed by atoms with Crippen molar-refractivity contribution in [3.8, 4) is 0 Å². The van der Waals surface area contributed by atoms with E-state index in [1.165, 1.54) is 18.2 Å². The van der Waals surface area contributed by atoms with Gasteiger partial charge in [0.25, 0.3) is 0 Å². The smallest absolute Gasteiger partial charge is 0.248 e. The Labute approximate surface area is 74.7 Å². The lowest BCUT2D eigenvalue weighted by molar-refractivity contribution is -0.105. The first-order chi connectivity index (χ1) is 6.15. The molecule has 2 amide bonds. The normalized spacial score (nSPS) is 9.23. The first-order valence-electron chi connectivity index (χ1n) is 3.54. The van der Waals surface area contributed by atoms with Gasteiger partial charge in [0, 0.05) is 5.56 Å². The number of hydrogen-bond acceptors (Lipinski definition) is 3. The van der Waals surface area contributed by atoms with Crippen LogP contribution in [0.2, 0.25) is 0 Å². The van der Waals surface area contributed by atoms with Gasteiger partial charge in [0.05, 0.1) is 11.4 Å². The van der Waals surface area contributed by atoms with Gasteiger partial charge in [0.1, 0.15) is 0 Å². The van der Waals surface area contributed by atoms with Gasteiger partial charge in [-0.3, -0.25) is 9.59 Å². The van der Waals surface area contributed by atoms with E-state index in [1.54, 1.807) is 0 Å². The molecule has 0 saturated carbocycles. The Kier molecular flexibility index (Phi) is 2.49. The van der Waals surface area contributed by atoms with E-state index in [0.29, 0.717) is 23.3 Å². The minimum atomic E-state index is -0.552. The lowest BCUT2D eigenvalue weighted by atomic mass is 10.1. The molecule has 1 aromatic rings. The van der Waals surface area contributed by atoms with Crippen LogP contribution in [0.3, 0.4) is 0 Å². The summed E-state index contributed by atoms with van der Waals surface area (Å²) < 4.78 is 0. The number of primary amides is 1. The highest BCUT2D eigenvalue weighted by Gasteiger charge is 2.03. The van der Waals surface area contributed by atoms with E-state index in [2.05, 4.69) is 5.32 Å². The van der Waals surface area contributed by atoms with Gasteiger partial charge >= 0.3 is 0 Å². The van der Waals surface area contributed by atoms with Gasteiger partial charge in [-0.25, -0.2) is 0 Å². The molecular weight excluding hydrogens is 170 g/mol. The van der Waals surface area contributed by atoms with Gasteiger partial charge in [0.2, 0.25) is 12.3 Å². The number of nitrogen functional groups attached to an aromatic ring is 1. The van der Waals surface area contributed by atoms with Crippen molar-refractivity contribution in [1.29, 1.82) is 0 Å². The lowest BCUT2D eigenvalue weighted by Crippen LogP contribution is -2.11. The molecule has 0 radical (unpaired) electrons. The van der Waals surface area contributed by atoms with Gasteiger partial charge < -0.3 is 16.8 Å². The van der Waals surface area contributed by atoms with Crippen molar-refractivity contribution in [2.75, 3.05) is 11.1 Å². The van der Waals surface area contributed by atoms with Gasteiger partial charge in [-0.05, 0) is 18.2 Å². The number of benzene rings is 1. The van der Waals surface area contributed by atoms with Crippen LogP contribution >= 0.6 is 0 Å². The molecule has 0 unspecified atom stereocenters. The minimum absolute atomic E-state index is 0.309. The summed E-state index contributed by atoms with van der Waals surface area (Å²) in [4.78, 5) is 20.8. The average molecular weight is 179 g/mol. The number of hydrogen-bond donors (Lipinski definition) is 3. The summed E-state index contributed by atoms with van der Waals surface area (Å²) >= 11 is 0. The standard InChI is InChI=1S/C8H9N3O2/c9-6-3-5(8(10)13)1-2-7(6)11-4-12/h1-4H,9H2,(H2,10,13)(H,11,12). The number of anilines is 2. The van der Waals surface area contributed by atoms with Crippen LogP contribution < -0.4 is 16.8 Å². The number of rotatable bonds is 3. The predicted octanol–water partition coefficient (Wildman–Crippen LogP) is -0.0640. The quantitative estimate of drug-likeness (QED) is 0.447. The maximum atomic E-state index is 10.7. The molecule has 1 rings (SSSR count). The molecule has 5 N–H and O–H groups in total. The Morgan fingerprint density at radius 3 is 2.62 bits per heavy atom. The van der Waals surface area contributed by atoms with Crippen molar-refractivity contribution in [3.05, 3.63) is 23.8 Å². The molecule has 0 aromatic heterocycles. The molecule has 0 aliphatic carbocycles. The van der Waals surface area contributed by atoms with Gasteiger partial charge in [-0.2, -0.15) is 0 Å². The molecule has 0 heterocycles. The van der Waals surface area contributed by atoms with Gasteiger partial charge in [-0.1, -0.05) is 0 Å². The monoisotopic (exact) mass is 179 g/mol. The molecule has 0 bridgehead atoms. The fourth-order valence-corrected chi connectivity index (χ4v) is 0.911. The highest BCUT2D eigenvalue weighted by Crippen LogP contribution is 2.18. The first-order valence-corrected chi connectivity index (χ1v) is 3.54. The summed E-state index contributed by atoms with van der Waals surface area (Å²) in [5.41, 5.74) is 11.6. The first kappa shape index (κ1) is 9.05. The Balaban J connectivity index is 3.04. The summed E-state index contributed by atoms with van der Waals surface area (Å²) in [6, 6.07) is 4.42. The second-order valence-electron chi connectivity index (χ2n) is 2.43. The fraction of sp³-hybridized carbons (Fsp3) is 0. The van der Waals surface area contributed by atoms with Crippen LogP contribution in [-0.2, 0) is 4.79 Å². The molecule has 5 heteroatoms. The maximum Gasteiger partial charge on any atom is 0.248 e. The van der Waals surface area contributed by atoms with E-state index in [4.69, 9.17) is 11.5 Å². The van der Waals surface area contributed by atoms with Crippen LogP contribution in [0, 0.1) is 0 Å². The molecule has 0 fully saturated rings. The summed E-state index contributed by atoms with van der Waals surface area (Å²) in [6.45, 7) is 0. The third-order valence-corrected chi connectivity index (χ3v) is 1.55. The predicted molar refractivity (Wildman–Crippen MR) is 49.1 cm³/mol. The van der Waals surface area contributed by atoms with Crippen LogP contribution in [0.15, 0.2) is 18.2 Å². The number of carbonyl (C=O) groups is 2. The van der Waals surface area contributed by atoms with Crippen molar-refractivity contribution in [2.45, 2.75) is 0 Å². The molecule has 1 aromatic carbocycles. The maximum absolute atomic E-state index is 10.7. The second kappa shape index (κ2) is 3.57. The molecule has 0 spiro atoms. The molecule has 0 aliphatic heterocycles. The number of nitrogens with one attached hydrogen (secondary N) is 1. The van der Waals surface area contributed by atoms with Crippen LogP contribution in [0.1, 0.15) is 10.4 Å². The summed E-state index contributed by atoms with van der Waals surface area (Å²) in [5, 5.41) is 2.38. The van der Waals surface area contributed by atoms with Crippen LogP contribution in [0.25, 0.3) is 0 Å². The van der Waals surface area contributed by atoms with Crippen molar-refractivity contribution >= 4 is 23.7 Å². The lowest BCUT2D eigenvalue weighted by Gasteiger charge is -2.04. The summed E-state index contributed by atoms with van der Waals surface area (Å²) in [6.07, 6.45) is 0.510. The van der Waals surface area contributed by atoms with Crippen molar-refractivity contribution in [2.24, 2.45) is 5.73 Å². The van der Waals surface area contributed by atoms with E-state index in [0.717, 1.165) is 0 Å². The SMILES string of the molecule is NC(=O)c1ccc(NC=O)c(N)c1. The van der Waals surface area contributed by atoms with Crippen molar-refractivity contribution in [3.63, 3.8) is 0 Å². The molecule has 5 nitrogen and oxygen atoms in total. The highest BCUT2D eigenvalue weighted by atomic mass is 16.1. The fourth-order valence-electron chi connectivity index (χ4n) is 0.911.